The molecule has 0 bridgehead atoms. The largest absolute Gasteiger partial charge is 0.366 e. The number of benzene rings is 1. The van der Waals surface area contributed by atoms with Gasteiger partial charge in [-0.05, 0) is 23.1 Å². The summed E-state index contributed by atoms with van der Waals surface area (Å²) in [4.78, 5) is 8.38. The first-order valence-electron chi connectivity index (χ1n) is 7.03. The average molecular weight is 282 g/mol. The van der Waals surface area contributed by atoms with E-state index in [4.69, 9.17) is 0 Å². The molecule has 0 spiro atoms. The fourth-order valence-corrected chi connectivity index (χ4v) is 1.90. The van der Waals surface area contributed by atoms with Crippen LogP contribution in [0.2, 0.25) is 0 Å². The van der Waals surface area contributed by atoms with Crippen LogP contribution in [0.15, 0.2) is 49.3 Å². The Bertz CT molecular complexity index is 597. The van der Waals surface area contributed by atoms with Crippen LogP contribution in [0.1, 0.15) is 26.3 Å². The zero-order valence-corrected chi connectivity index (χ0v) is 12.9. The average Bonchev–Trinajstić information content (AvgIpc) is 2.45. The van der Waals surface area contributed by atoms with Crippen molar-refractivity contribution in [3.05, 3.63) is 54.9 Å². The maximum atomic E-state index is 4.23. The highest BCUT2D eigenvalue weighted by Gasteiger charge is 2.12. The molecule has 2 aromatic rings. The molecular formula is C17H22N4. The van der Waals surface area contributed by atoms with E-state index in [9.17, 15) is 0 Å². The molecule has 1 aromatic carbocycles. The lowest BCUT2D eigenvalue weighted by Crippen LogP contribution is -2.10. The molecule has 0 radical (unpaired) electrons. The normalized spacial score (nSPS) is 11.0. The molecule has 0 fully saturated rings. The zero-order valence-electron chi connectivity index (χ0n) is 12.9. The maximum absolute atomic E-state index is 4.23. The van der Waals surface area contributed by atoms with Crippen LogP contribution in [0.25, 0.3) is 0 Å². The molecule has 0 amide bonds. The summed E-state index contributed by atoms with van der Waals surface area (Å²) >= 11 is 0. The third-order valence-electron chi connectivity index (χ3n) is 3.12. The van der Waals surface area contributed by atoms with Gasteiger partial charge in [-0.25, -0.2) is 9.97 Å². The predicted octanol–water partition coefficient (Wildman–Crippen LogP) is 4.12. The maximum Gasteiger partial charge on any atom is 0.135 e. The fraction of sp³-hybridized carbons (Fsp3) is 0.294. The molecule has 0 aliphatic rings. The predicted molar refractivity (Wildman–Crippen MR) is 89.1 cm³/mol. The molecule has 0 aliphatic heterocycles. The van der Waals surface area contributed by atoms with Gasteiger partial charge >= 0.3 is 0 Å². The van der Waals surface area contributed by atoms with Gasteiger partial charge in [0.15, 0.2) is 0 Å². The molecule has 0 aliphatic carbocycles. The van der Waals surface area contributed by atoms with Crippen molar-refractivity contribution in [3.63, 3.8) is 0 Å². The van der Waals surface area contributed by atoms with Crippen LogP contribution in [-0.2, 0) is 5.41 Å². The summed E-state index contributed by atoms with van der Waals surface area (Å²) in [5, 5.41) is 6.42. The van der Waals surface area contributed by atoms with Gasteiger partial charge in [0.2, 0.25) is 0 Å². The van der Waals surface area contributed by atoms with Crippen LogP contribution in [0.4, 0.5) is 17.3 Å². The Morgan fingerprint density at radius 2 is 1.76 bits per heavy atom. The SMILES string of the molecule is C=CCNc1cc(Nc2ccc(C(C)(C)C)cc2)ncn1. The van der Waals surface area contributed by atoms with Gasteiger partial charge in [-0.15, -0.1) is 6.58 Å². The molecule has 4 nitrogen and oxygen atoms in total. The van der Waals surface area contributed by atoms with Gasteiger partial charge in [-0.1, -0.05) is 39.0 Å². The summed E-state index contributed by atoms with van der Waals surface area (Å²) in [5.41, 5.74) is 2.48. The fourth-order valence-electron chi connectivity index (χ4n) is 1.90. The first kappa shape index (κ1) is 15.0. The number of rotatable bonds is 5. The molecule has 21 heavy (non-hydrogen) atoms. The minimum absolute atomic E-state index is 0.162. The Labute approximate surface area is 126 Å². The van der Waals surface area contributed by atoms with Crippen LogP contribution in [0.5, 0.6) is 0 Å². The number of anilines is 3. The van der Waals surface area contributed by atoms with Crippen LogP contribution < -0.4 is 10.6 Å². The minimum Gasteiger partial charge on any atom is -0.366 e. The molecule has 2 rings (SSSR count). The number of aromatic nitrogens is 2. The molecular weight excluding hydrogens is 260 g/mol. The number of nitrogens with one attached hydrogen (secondary N) is 2. The Morgan fingerprint density at radius 1 is 1.10 bits per heavy atom. The number of nitrogens with zero attached hydrogens (tertiary/aromatic N) is 2. The van der Waals surface area contributed by atoms with Crippen molar-refractivity contribution < 1.29 is 0 Å². The van der Waals surface area contributed by atoms with E-state index < -0.39 is 0 Å². The highest BCUT2D eigenvalue weighted by atomic mass is 15.1. The lowest BCUT2D eigenvalue weighted by atomic mass is 9.87. The van der Waals surface area contributed by atoms with E-state index in [1.807, 2.05) is 6.07 Å². The molecule has 1 aromatic heterocycles. The van der Waals surface area contributed by atoms with Crippen molar-refractivity contribution in [1.29, 1.82) is 0 Å². The van der Waals surface area contributed by atoms with Crippen molar-refractivity contribution in [2.24, 2.45) is 0 Å². The van der Waals surface area contributed by atoms with E-state index in [1.165, 1.54) is 11.9 Å². The van der Waals surface area contributed by atoms with Gasteiger partial charge in [-0.2, -0.15) is 0 Å². The van der Waals surface area contributed by atoms with Gasteiger partial charge in [0.1, 0.15) is 18.0 Å². The van der Waals surface area contributed by atoms with Crippen molar-refractivity contribution in [2.75, 3.05) is 17.2 Å². The second kappa shape index (κ2) is 6.39. The second-order valence-electron chi connectivity index (χ2n) is 5.91. The molecule has 0 unspecified atom stereocenters. The van der Waals surface area contributed by atoms with Crippen LogP contribution in [-0.4, -0.2) is 16.5 Å². The van der Waals surface area contributed by atoms with Crippen molar-refractivity contribution in [2.45, 2.75) is 26.2 Å². The van der Waals surface area contributed by atoms with E-state index in [2.05, 4.69) is 72.2 Å². The molecule has 110 valence electrons. The van der Waals surface area contributed by atoms with Gasteiger partial charge < -0.3 is 10.6 Å². The molecule has 2 N–H and O–H groups in total. The smallest absolute Gasteiger partial charge is 0.135 e. The van der Waals surface area contributed by atoms with E-state index in [0.717, 1.165) is 17.3 Å². The molecule has 1 heterocycles. The Balaban J connectivity index is 2.09. The van der Waals surface area contributed by atoms with Crippen LogP contribution >= 0.6 is 0 Å². The molecule has 0 saturated carbocycles. The topological polar surface area (TPSA) is 49.8 Å². The summed E-state index contributed by atoms with van der Waals surface area (Å²) < 4.78 is 0. The van der Waals surface area contributed by atoms with Crippen molar-refractivity contribution in [3.8, 4) is 0 Å². The Hall–Kier alpha value is -2.36. The van der Waals surface area contributed by atoms with Crippen molar-refractivity contribution in [1.82, 2.24) is 9.97 Å². The summed E-state index contributed by atoms with van der Waals surface area (Å²) in [6.45, 7) is 11.0. The highest BCUT2D eigenvalue weighted by Crippen LogP contribution is 2.24. The third-order valence-corrected chi connectivity index (χ3v) is 3.12. The van der Waals surface area contributed by atoms with Gasteiger partial charge in [0, 0.05) is 18.3 Å². The number of hydrogen-bond donors (Lipinski definition) is 2. The monoisotopic (exact) mass is 282 g/mol. The zero-order chi connectivity index (χ0) is 15.3. The number of hydrogen-bond acceptors (Lipinski definition) is 4. The third kappa shape index (κ3) is 4.31. The van der Waals surface area contributed by atoms with Gasteiger partial charge in [0.05, 0.1) is 0 Å². The summed E-state index contributed by atoms with van der Waals surface area (Å²) in [7, 11) is 0. The second-order valence-corrected chi connectivity index (χ2v) is 5.91. The van der Waals surface area contributed by atoms with Gasteiger partial charge in [0.25, 0.3) is 0 Å². The van der Waals surface area contributed by atoms with E-state index in [-0.39, 0.29) is 5.41 Å². The summed E-state index contributed by atoms with van der Waals surface area (Å²) in [6.07, 6.45) is 3.33. The minimum atomic E-state index is 0.162. The first-order chi connectivity index (χ1) is 9.99. The Kier molecular flexibility index (Phi) is 4.58. The first-order valence-corrected chi connectivity index (χ1v) is 7.03. The quantitative estimate of drug-likeness (QED) is 0.810. The summed E-state index contributed by atoms with van der Waals surface area (Å²) in [5.74, 6) is 1.54. The van der Waals surface area contributed by atoms with E-state index >= 15 is 0 Å². The van der Waals surface area contributed by atoms with E-state index in [1.54, 1.807) is 6.08 Å². The molecule has 0 saturated heterocycles. The summed E-state index contributed by atoms with van der Waals surface area (Å²) in [6, 6.07) is 10.3. The van der Waals surface area contributed by atoms with Gasteiger partial charge in [-0.3, -0.25) is 0 Å². The molecule has 0 atom stereocenters. The van der Waals surface area contributed by atoms with Crippen molar-refractivity contribution >= 4 is 17.3 Å². The standard InChI is InChI=1S/C17H22N4/c1-5-10-18-15-11-16(20-12-19-15)21-14-8-6-13(7-9-14)17(2,3)4/h5-9,11-12H,1,10H2,2-4H3,(H2,18,19,20,21). The Morgan fingerprint density at radius 3 is 2.38 bits per heavy atom. The lowest BCUT2D eigenvalue weighted by Gasteiger charge is -2.19. The molecule has 4 heteroatoms. The highest BCUT2D eigenvalue weighted by molar-refractivity contribution is 5.59. The van der Waals surface area contributed by atoms with Crippen LogP contribution in [0.3, 0.4) is 0 Å². The van der Waals surface area contributed by atoms with E-state index in [0.29, 0.717) is 6.54 Å². The lowest BCUT2D eigenvalue weighted by molar-refractivity contribution is 0.590. The van der Waals surface area contributed by atoms with Crippen LogP contribution in [0, 0.1) is 0 Å².